The minimum absolute atomic E-state index is 0. The maximum absolute atomic E-state index is 12.4. The van der Waals surface area contributed by atoms with Crippen molar-refractivity contribution in [2.24, 2.45) is 0 Å². The minimum atomic E-state index is -0.0890. The number of carbonyl (C=O) groups is 1. The number of nitrogens with one attached hydrogen (secondary N) is 1. The van der Waals surface area contributed by atoms with Crippen molar-refractivity contribution in [1.82, 2.24) is 20.0 Å². The molecule has 1 atom stereocenters. The van der Waals surface area contributed by atoms with Crippen LogP contribution < -0.4 is 10.7 Å². The number of aromatic nitrogens is 2. The van der Waals surface area contributed by atoms with Crippen LogP contribution in [0.5, 0.6) is 0 Å². The summed E-state index contributed by atoms with van der Waals surface area (Å²) in [4.78, 5) is 26.1. The van der Waals surface area contributed by atoms with Crippen LogP contribution in [0.15, 0.2) is 35.3 Å². The lowest BCUT2D eigenvalue weighted by Crippen LogP contribution is -2.52. The average molecular weight is 337 g/mol. The van der Waals surface area contributed by atoms with E-state index in [9.17, 15) is 9.59 Å². The Hall–Kier alpha value is -1.92. The van der Waals surface area contributed by atoms with Crippen LogP contribution >= 0.6 is 12.4 Å². The molecule has 0 radical (unpaired) electrons. The number of hydrogen-bond donors (Lipinski definition) is 1. The number of rotatable bonds is 3. The van der Waals surface area contributed by atoms with Gasteiger partial charge < -0.3 is 10.2 Å². The summed E-state index contributed by atoms with van der Waals surface area (Å²) in [5.41, 5.74) is 0.685. The van der Waals surface area contributed by atoms with E-state index < -0.39 is 0 Å². The summed E-state index contributed by atoms with van der Waals surface area (Å²) >= 11 is 0. The second-order valence-electron chi connectivity index (χ2n) is 5.64. The zero-order valence-corrected chi connectivity index (χ0v) is 13.9. The molecule has 7 heteroatoms. The SMILES string of the molecule is C[C@@H]1CNCCN1C(=O)CCn1ncc(=O)c2ccccc21.Cl. The van der Waals surface area contributed by atoms with Crippen LogP contribution in [0, 0.1) is 0 Å². The van der Waals surface area contributed by atoms with Crippen molar-refractivity contribution in [3.63, 3.8) is 0 Å². The van der Waals surface area contributed by atoms with Crippen LogP contribution in [-0.4, -0.2) is 46.3 Å². The largest absolute Gasteiger partial charge is 0.337 e. The molecule has 1 fully saturated rings. The predicted octanol–water partition coefficient (Wildman–Crippen LogP) is 1.03. The third kappa shape index (κ3) is 3.71. The van der Waals surface area contributed by atoms with Gasteiger partial charge in [-0.25, -0.2) is 0 Å². The first-order valence-electron chi connectivity index (χ1n) is 7.62. The first-order chi connectivity index (χ1) is 10.7. The van der Waals surface area contributed by atoms with Gasteiger partial charge in [-0.3, -0.25) is 14.3 Å². The zero-order valence-electron chi connectivity index (χ0n) is 13.1. The molecule has 1 amide bonds. The number of carbonyl (C=O) groups excluding carboxylic acids is 1. The third-order valence-corrected chi connectivity index (χ3v) is 4.12. The predicted molar refractivity (Wildman–Crippen MR) is 91.9 cm³/mol. The zero-order chi connectivity index (χ0) is 15.5. The molecule has 2 heterocycles. The summed E-state index contributed by atoms with van der Waals surface area (Å²) < 4.78 is 1.74. The van der Waals surface area contributed by atoms with E-state index >= 15 is 0 Å². The number of fused-ring (bicyclic) bond motifs is 1. The van der Waals surface area contributed by atoms with Crippen molar-refractivity contribution in [2.75, 3.05) is 19.6 Å². The molecule has 1 N–H and O–H groups in total. The maximum atomic E-state index is 12.4. The van der Waals surface area contributed by atoms with Gasteiger partial charge in [0.2, 0.25) is 11.3 Å². The molecule has 0 saturated carbocycles. The molecular weight excluding hydrogens is 316 g/mol. The number of amides is 1. The Kier molecular flexibility index (Phi) is 5.74. The molecule has 1 aliphatic rings. The van der Waals surface area contributed by atoms with Crippen LogP contribution in [0.25, 0.3) is 10.9 Å². The molecule has 6 nitrogen and oxygen atoms in total. The number of benzene rings is 1. The Morgan fingerprint density at radius 3 is 2.96 bits per heavy atom. The molecule has 1 aromatic carbocycles. The Bertz CT molecular complexity index is 746. The lowest BCUT2D eigenvalue weighted by Gasteiger charge is -2.34. The molecule has 0 spiro atoms. The van der Waals surface area contributed by atoms with Crippen LogP contribution in [0.2, 0.25) is 0 Å². The summed E-state index contributed by atoms with van der Waals surface area (Å²) in [5, 5.41) is 8.08. The smallest absolute Gasteiger partial charge is 0.224 e. The minimum Gasteiger partial charge on any atom is -0.337 e. The number of para-hydroxylation sites is 1. The fraction of sp³-hybridized carbons (Fsp3) is 0.438. The molecule has 124 valence electrons. The van der Waals surface area contributed by atoms with Gasteiger partial charge in [-0.15, -0.1) is 12.4 Å². The van der Waals surface area contributed by atoms with E-state index in [1.54, 1.807) is 10.7 Å². The lowest BCUT2D eigenvalue weighted by molar-refractivity contribution is -0.134. The molecule has 0 aliphatic carbocycles. The number of hydrogen-bond acceptors (Lipinski definition) is 4. The second-order valence-corrected chi connectivity index (χ2v) is 5.64. The fourth-order valence-corrected chi connectivity index (χ4v) is 2.90. The van der Waals surface area contributed by atoms with Gasteiger partial charge in [0.25, 0.3) is 0 Å². The monoisotopic (exact) mass is 336 g/mol. The molecule has 2 aromatic rings. The quantitative estimate of drug-likeness (QED) is 0.909. The van der Waals surface area contributed by atoms with Crippen molar-refractivity contribution in [3.8, 4) is 0 Å². The van der Waals surface area contributed by atoms with E-state index in [0.717, 1.165) is 25.2 Å². The number of halogens is 1. The topological polar surface area (TPSA) is 67.2 Å². The summed E-state index contributed by atoms with van der Waals surface area (Å²) in [6.45, 7) is 4.96. The van der Waals surface area contributed by atoms with Crippen molar-refractivity contribution < 1.29 is 4.79 Å². The van der Waals surface area contributed by atoms with Crippen LogP contribution in [0.4, 0.5) is 0 Å². The summed E-state index contributed by atoms with van der Waals surface area (Å²) in [6, 6.07) is 7.58. The molecule has 3 rings (SSSR count). The normalized spacial score (nSPS) is 17.8. The number of nitrogens with zero attached hydrogens (tertiary/aromatic N) is 3. The standard InChI is InChI=1S/C16H20N4O2.ClH/c1-12-10-17-7-9-19(12)16(22)6-8-20-14-5-3-2-4-13(14)15(21)11-18-20;/h2-5,11-12,17H,6-10H2,1H3;1H/t12-;/m1./s1. The Morgan fingerprint density at radius 2 is 2.17 bits per heavy atom. The molecule has 1 saturated heterocycles. The fourth-order valence-electron chi connectivity index (χ4n) is 2.90. The highest BCUT2D eigenvalue weighted by molar-refractivity contribution is 5.85. The van der Waals surface area contributed by atoms with Crippen LogP contribution in [0.1, 0.15) is 13.3 Å². The van der Waals surface area contributed by atoms with E-state index in [2.05, 4.69) is 17.3 Å². The van der Waals surface area contributed by atoms with Crippen molar-refractivity contribution in [2.45, 2.75) is 25.9 Å². The molecular formula is C16H21ClN4O2. The first-order valence-corrected chi connectivity index (χ1v) is 7.62. The summed E-state index contributed by atoms with van der Waals surface area (Å²) in [5.74, 6) is 0.138. The van der Waals surface area contributed by atoms with Crippen molar-refractivity contribution in [1.29, 1.82) is 0 Å². The summed E-state index contributed by atoms with van der Waals surface area (Å²) in [7, 11) is 0. The number of aryl methyl sites for hydroxylation is 1. The van der Waals surface area contributed by atoms with E-state index in [1.807, 2.05) is 23.1 Å². The van der Waals surface area contributed by atoms with Gasteiger partial charge in [-0.05, 0) is 19.1 Å². The Balaban J connectivity index is 0.00000192. The van der Waals surface area contributed by atoms with Crippen molar-refractivity contribution >= 4 is 29.2 Å². The maximum Gasteiger partial charge on any atom is 0.224 e. The van der Waals surface area contributed by atoms with Gasteiger partial charge in [0.1, 0.15) is 0 Å². The number of piperazine rings is 1. The highest BCUT2D eigenvalue weighted by atomic mass is 35.5. The molecule has 1 aliphatic heterocycles. The second kappa shape index (κ2) is 7.57. The third-order valence-electron chi connectivity index (χ3n) is 4.12. The van der Waals surface area contributed by atoms with E-state index in [4.69, 9.17) is 0 Å². The molecule has 0 unspecified atom stereocenters. The molecule has 1 aromatic heterocycles. The van der Waals surface area contributed by atoms with Gasteiger partial charge in [0, 0.05) is 37.5 Å². The average Bonchev–Trinajstić information content (AvgIpc) is 2.55. The highest BCUT2D eigenvalue weighted by Crippen LogP contribution is 2.10. The summed E-state index contributed by atoms with van der Waals surface area (Å²) in [6.07, 6.45) is 1.71. The first kappa shape index (κ1) is 17.4. The molecule has 23 heavy (non-hydrogen) atoms. The van der Waals surface area contributed by atoms with Gasteiger partial charge >= 0.3 is 0 Å². The highest BCUT2D eigenvalue weighted by Gasteiger charge is 2.22. The van der Waals surface area contributed by atoms with E-state index in [1.165, 1.54) is 6.20 Å². The Morgan fingerprint density at radius 1 is 1.39 bits per heavy atom. The van der Waals surface area contributed by atoms with Crippen LogP contribution in [0.3, 0.4) is 0 Å². The molecule has 0 bridgehead atoms. The van der Waals surface area contributed by atoms with E-state index in [0.29, 0.717) is 18.4 Å². The van der Waals surface area contributed by atoms with Gasteiger partial charge in [0.05, 0.1) is 18.3 Å². The van der Waals surface area contributed by atoms with Crippen molar-refractivity contribution in [3.05, 3.63) is 40.7 Å². The van der Waals surface area contributed by atoms with Gasteiger partial charge in [0.15, 0.2) is 0 Å². The van der Waals surface area contributed by atoms with Gasteiger partial charge in [-0.2, -0.15) is 5.10 Å². The van der Waals surface area contributed by atoms with E-state index in [-0.39, 0.29) is 29.8 Å². The Labute approximate surface area is 140 Å². The van der Waals surface area contributed by atoms with Gasteiger partial charge in [-0.1, -0.05) is 12.1 Å². The van der Waals surface area contributed by atoms with Crippen LogP contribution in [-0.2, 0) is 11.3 Å². The lowest BCUT2D eigenvalue weighted by atomic mass is 10.2.